The minimum atomic E-state index is -1.66. The van der Waals surface area contributed by atoms with Gasteiger partial charge in [-0.3, -0.25) is 4.79 Å². The van der Waals surface area contributed by atoms with Gasteiger partial charge >= 0.3 is 0 Å². The molecule has 0 aliphatic heterocycles. The van der Waals surface area contributed by atoms with Crippen molar-refractivity contribution in [1.82, 2.24) is 0 Å². The fourth-order valence-corrected chi connectivity index (χ4v) is 1.86. The van der Waals surface area contributed by atoms with Gasteiger partial charge in [0.2, 0.25) is 5.91 Å². The van der Waals surface area contributed by atoms with Crippen LogP contribution in [0.3, 0.4) is 0 Å². The second-order valence-corrected chi connectivity index (χ2v) is 5.04. The molecule has 0 saturated carbocycles. The highest BCUT2D eigenvalue weighted by atomic mass is 19.2. The third kappa shape index (κ3) is 3.80. The summed E-state index contributed by atoms with van der Waals surface area (Å²) in [6.07, 6.45) is 0. The first-order chi connectivity index (χ1) is 10.8. The maximum Gasteiger partial charge on any atom is 0.246 e. The zero-order valence-corrected chi connectivity index (χ0v) is 12.4. The third-order valence-corrected chi connectivity index (χ3v) is 3.24. The lowest BCUT2D eigenvalue weighted by molar-refractivity contribution is -0.116. The molecular formula is C16H14F4N2O. The topological polar surface area (TPSA) is 41.1 Å². The van der Waals surface area contributed by atoms with Crippen molar-refractivity contribution in [2.24, 2.45) is 0 Å². The van der Waals surface area contributed by atoms with Crippen LogP contribution in [0.25, 0.3) is 0 Å². The summed E-state index contributed by atoms with van der Waals surface area (Å²) in [4.78, 5) is 12.0. The Bertz CT molecular complexity index is 749. The number of rotatable bonds is 4. The standard InChI is InChI=1S/C16H14F4N2O/c1-8-3-4-10(7-12(8)18)21-9(2)16(23)22-13-6-5-11(17)14(19)15(13)20/h3-7,9,21H,1-2H3,(H,22,23)/t9-/m0/s1. The fourth-order valence-electron chi connectivity index (χ4n) is 1.86. The number of hydrogen-bond acceptors (Lipinski definition) is 2. The zero-order valence-electron chi connectivity index (χ0n) is 12.4. The summed E-state index contributed by atoms with van der Waals surface area (Å²) in [6.45, 7) is 3.06. The van der Waals surface area contributed by atoms with Crippen molar-refractivity contribution in [2.45, 2.75) is 19.9 Å². The number of benzene rings is 2. The molecule has 2 N–H and O–H groups in total. The Hall–Kier alpha value is -2.57. The summed E-state index contributed by atoms with van der Waals surface area (Å²) in [5.41, 5.74) is 0.343. The van der Waals surface area contributed by atoms with E-state index in [1.807, 2.05) is 0 Å². The van der Waals surface area contributed by atoms with Crippen LogP contribution >= 0.6 is 0 Å². The summed E-state index contributed by atoms with van der Waals surface area (Å²) in [6, 6.07) is 5.12. The van der Waals surface area contributed by atoms with E-state index in [1.165, 1.54) is 19.1 Å². The van der Waals surface area contributed by atoms with Crippen molar-refractivity contribution >= 4 is 17.3 Å². The van der Waals surface area contributed by atoms with Crippen molar-refractivity contribution in [1.29, 1.82) is 0 Å². The number of halogens is 4. The number of nitrogens with one attached hydrogen (secondary N) is 2. The molecule has 0 aromatic heterocycles. The van der Waals surface area contributed by atoms with E-state index >= 15 is 0 Å². The fraction of sp³-hybridized carbons (Fsp3) is 0.188. The molecule has 0 aliphatic rings. The van der Waals surface area contributed by atoms with Crippen LogP contribution in [0.4, 0.5) is 28.9 Å². The maximum absolute atomic E-state index is 13.5. The highest BCUT2D eigenvalue weighted by Gasteiger charge is 2.18. The molecule has 122 valence electrons. The quantitative estimate of drug-likeness (QED) is 0.659. The Labute approximate surface area is 130 Å². The first-order valence-corrected chi connectivity index (χ1v) is 6.76. The average Bonchev–Trinajstić information content (AvgIpc) is 2.51. The Morgan fingerprint density at radius 1 is 1.00 bits per heavy atom. The van der Waals surface area contributed by atoms with Gasteiger partial charge in [0.05, 0.1) is 5.69 Å². The van der Waals surface area contributed by atoms with Gasteiger partial charge in [-0.15, -0.1) is 0 Å². The van der Waals surface area contributed by atoms with Crippen LogP contribution in [0, 0.1) is 30.2 Å². The van der Waals surface area contributed by atoms with Gasteiger partial charge in [-0.25, -0.2) is 17.6 Å². The normalized spacial score (nSPS) is 11.9. The van der Waals surface area contributed by atoms with E-state index in [1.54, 1.807) is 13.0 Å². The molecule has 0 radical (unpaired) electrons. The van der Waals surface area contributed by atoms with Gasteiger partial charge in [0.15, 0.2) is 17.5 Å². The molecule has 0 unspecified atom stereocenters. The number of carbonyl (C=O) groups is 1. The second kappa shape index (κ2) is 6.68. The molecule has 1 amide bonds. The smallest absolute Gasteiger partial charge is 0.246 e. The van der Waals surface area contributed by atoms with Crippen molar-refractivity contribution in [2.75, 3.05) is 10.6 Å². The lowest BCUT2D eigenvalue weighted by atomic mass is 10.2. The number of aryl methyl sites for hydroxylation is 1. The summed E-state index contributed by atoms with van der Waals surface area (Å²) in [5, 5.41) is 4.88. The molecule has 0 bridgehead atoms. The number of amides is 1. The van der Waals surface area contributed by atoms with E-state index in [0.29, 0.717) is 17.3 Å². The number of hydrogen-bond donors (Lipinski definition) is 2. The predicted octanol–water partition coefficient (Wildman–Crippen LogP) is 3.99. The molecule has 2 aromatic carbocycles. The predicted molar refractivity (Wildman–Crippen MR) is 79.2 cm³/mol. The van der Waals surface area contributed by atoms with E-state index < -0.39 is 40.9 Å². The Balaban J connectivity index is 2.08. The van der Waals surface area contributed by atoms with Crippen LogP contribution in [-0.2, 0) is 4.79 Å². The molecular weight excluding hydrogens is 312 g/mol. The lowest BCUT2D eigenvalue weighted by Crippen LogP contribution is -2.32. The highest BCUT2D eigenvalue weighted by Crippen LogP contribution is 2.20. The SMILES string of the molecule is Cc1ccc(N[C@@H](C)C(=O)Nc2ccc(F)c(F)c2F)cc1F. The summed E-state index contributed by atoms with van der Waals surface area (Å²) in [5.74, 6) is -5.61. The number of anilines is 2. The van der Waals surface area contributed by atoms with E-state index in [4.69, 9.17) is 0 Å². The van der Waals surface area contributed by atoms with Gasteiger partial charge in [-0.1, -0.05) is 6.07 Å². The average molecular weight is 326 g/mol. The first kappa shape index (κ1) is 16.8. The highest BCUT2D eigenvalue weighted by molar-refractivity contribution is 5.96. The van der Waals surface area contributed by atoms with Gasteiger partial charge in [0.1, 0.15) is 11.9 Å². The first-order valence-electron chi connectivity index (χ1n) is 6.76. The molecule has 0 heterocycles. The van der Waals surface area contributed by atoms with Crippen molar-refractivity contribution < 1.29 is 22.4 Å². The molecule has 23 heavy (non-hydrogen) atoms. The molecule has 7 heteroatoms. The number of carbonyl (C=O) groups excluding carboxylic acids is 1. The summed E-state index contributed by atoms with van der Waals surface area (Å²) >= 11 is 0. The van der Waals surface area contributed by atoms with Gasteiger partial charge in [0.25, 0.3) is 0 Å². The van der Waals surface area contributed by atoms with Gasteiger partial charge in [0, 0.05) is 5.69 Å². The van der Waals surface area contributed by atoms with E-state index in [-0.39, 0.29) is 0 Å². The molecule has 0 saturated heterocycles. The second-order valence-electron chi connectivity index (χ2n) is 5.04. The Morgan fingerprint density at radius 3 is 2.35 bits per heavy atom. The van der Waals surface area contributed by atoms with E-state index in [2.05, 4.69) is 10.6 Å². The van der Waals surface area contributed by atoms with Crippen LogP contribution in [0.5, 0.6) is 0 Å². The van der Waals surface area contributed by atoms with Crippen molar-refractivity contribution in [3.8, 4) is 0 Å². The summed E-state index contributed by atoms with van der Waals surface area (Å²) in [7, 11) is 0. The van der Waals surface area contributed by atoms with Crippen LogP contribution in [0.2, 0.25) is 0 Å². The minimum Gasteiger partial charge on any atom is -0.374 e. The molecule has 0 fully saturated rings. The molecule has 2 rings (SSSR count). The minimum absolute atomic E-state index is 0.363. The zero-order chi connectivity index (χ0) is 17.1. The Kier molecular flexibility index (Phi) is 4.88. The molecule has 0 aliphatic carbocycles. The van der Waals surface area contributed by atoms with Crippen LogP contribution in [-0.4, -0.2) is 11.9 Å². The maximum atomic E-state index is 13.5. The van der Waals surface area contributed by atoms with Crippen LogP contribution < -0.4 is 10.6 Å². The van der Waals surface area contributed by atoms with Crippen LogP contribution in [0.15, 0.2) is 30.3 Å². The largest absolute Gasteiger partial charge is 0.374 e. The van der Waals surface area contributed by atoms with Crippen LogP contribution in [0.1, 0.15) is 12.5 Å². The van der Waals surface area contributed by atoms with Crippen molar-refractivity contribution in [3.63, 3.8) is 0 Å². The molecule has 0 spiro atoms. The Morgan fingerprint density at radius 2 is 1.70 bits per heavy atom. The van der Waals surface area contributed by atoms with Gasteiger partial charge in [-0.05, 0) is 43.7 Å². The van der Waals surface area contributed by atoms with Gasteiger partial charge in [-0.2, -0.15) is 0 Å². The third-order valence-electron chi connectivity index (χ3n) is 3.24. The monoisotopic (exact) mass is 326 g/mol. The lowest BCUT2D eigenvalue weighted by Gasteiger charge is -2.16. The van der Waals surface area contributed by atoms with Crippen molar-refractivity contribution in [3.05, 3.63) is 59.2 Å². The van der Waals surface area contributed by atoms with E-state index in [9.17, 15) is 22.4 Å². The summed E-state index contributed by atoms with van der Waals surface area (Å²) < 4.78 is 52.9. The molecule has 1 atom stereocenters. The molecule has 3 nitrogen and oxygen atoms in total. The molecule has 2 aromatic rings. The van der Waals surface area contributed by atoms with E-state index in [0.717, 1.165) is 6.07 Å². The van der Waals surface area contributed by atoms with Gasteiger partial charge < -0.3 is 10.6 Å².